The summed E-state index contributed by atoms with van der Waals surface area (Å²) < 4.78 is 39.0. The van der Waals surface area contributed by atoms with Crippen LogP contribution in [-0.2, 0) is 9.53 Å². The second-order valence-corrected chi connectivity index (χ2v) is 10.6. The Bertz CT molecular complexity index is 1380. The number of rotatable bonds is 4. The Morgan fingerprint density at radius 2 is 1.77 bits per heavy atom. The van der Waals surface area contributed by atoms with Crippen molar-refractivity contribution in [3.05, 3.63) is 77.3 Å². The highest BCUT2D eigenvalue weighted by atomic mass is 19.1. The Hall–Kier alpha value is -4.28. The van der Waals surface area contributed by atoms with Gasteiger partial charge < -0.3 is 25.0 Å². The van der Waals surface area contributed by atoms with Gasteiger partial charge in [-0.15, -0.1) is 10.2 Å². The van der Waals surface area contributed by atoms with Crippen molar-refractivity contribution in [3.63, 3.8) is 0 Å². The van der Waals surface area contributed by atoms with E-state index in [2.05, 4.69) is 10.2 Å². The SMILES string of the molecule is CC(C)(C)OC(=O)N1CCC[C@@H](N2C=C(c3ccc(Oc4c(F)cccc4F)cc3)C3=C(N)N=NC(=O)C32)C1. The lowest BCUT2D eigenvalue weighted by Crippen LogP contribution is -2.52. The van der Waals surface area contributed by atoms with Crippen molar-refractivity contribution >= 4 is 17.6 Å². The second kappa shape index (κ2) is 10.1. The minimum absolute atomic E-state index is 0.127. The summed E-state index contributed by atoms with van der Waals surface area (Å²) in [7, 11) is 0. The van der Waals surface area contributed by atoms with Crippen LogP contribution in [0.2, 0.25) is 0 Å². The zero-order valence-corrected chi connectivity index (χ0v) is 21.9. The zero-order valence-electron chi connectivity index (χ0n) is 21.9. The van der Waals surface area contributed by atoms with Gasteiger partial charge in [0, 0.05) is 36.5 Å². The Morgan fingerprint density at radius 1 is 1.08 bits per heavy atom. The van der Waals surface area contributed by atoms with Crippen LogP contribution in [-0.4, -0.2) is 52.6 Å². The van der Waals surface area contributed by atoms with Crippen LogP contribution in [0.3, 0.4) is 0 Å². The highest BCUT2D eigenvalue weighted by molar-refractivity contribution is 5.97. The van der Waals surface area contributed by atoms with Gasteiger partial charge in [-0.05, 0) is 63.4 Å². The Kier molecular flexibility index (Phi) is 6.83. The molecular weight excluding hydrogens is 508 g/mol. The van der Waals surface area contributed by atoms with Crippen LogP contribution in [0.1, 0.15) is 39.2 Å². The van der Waals surface area contributed by atoms with Crippen LogP contribution in [0.15, 0.2) is 70.3 Å². The molecule has 39 heavy (non-hydrogen) atoms. The molecule has 204 valence electrons. The summed E-state index contributed by atoms with van der Waals surface area (Å²) in [5.74, 6) is -2.21. The summed E-state index contributed by atoms with van der Waals surface area (Å²) in [6.45, 7) is 6.38. The third-order valence-electron chi connectivity index (χ3n) is 6.68. The minimum Gasteiger partial charge on any atom is -0.451 e. The Balaban J connectivity index is 1.42. The number of benzene rings is 2. The number of carbonyl (C=O) groups excluding carboxylic acids is 2. The lowest BCUT2D eigenvalue weighted by Gasteiger charge is -2.40. The molecule has 9 nitrogen and oxygen atoms in total. The lowest BCUT2D eigenvalue weighted by atomic mass is 9.94. The molecule has 0 aliphatic carbocycles. The number of para-hydroxylation sites is 1. The van der Waals surface area contributed by atoms with E-state index in [1.54, 1.807) is 29.2 Å². The van der Waals surface area contributed by atoms with E-state index in [4.69, 9.17) is 15.2 Å². The van der Waals surface area contributed by atoms with E-state index >= 15 is 0 Å². The van der Waals surface area contributed by atoms with Crippen molar-refractivity contribution in [1.29, 1.82) is 0 Å². The number of azo groups is 1. The van der Waals surface area contributed by atoms with Crippen molar-refractivity contribution in [3.8, 4) is 11.5 Å². The number of fused-ring (bicyclic) bond motifs is 1. The molecule has 0 spiro atoms. The summed E-state index contributed by atoms with van der Waals surface area (Å²) in [6, 6.07) is 9.12. The molecule has 2 amide bonds. The van der Waals surface area contributed by atoms with Gasteiger partial charge >= 0.3 is 6.09 Å². The molecule has 3 aliphatic heterocycles. The normalized spacial score (nSPS) is 21.2. The molecule has 2 N–H and O–H groups in total. The third kappa shape index (κ3) is 5.34. The average Bonchev–Trinajstić information content (AvgIpc) is 3.30. The summed E-state index contributed by atoms with van der Waals surface area (Å²) in [4.78, 5) is 29.2. The molecule has 1 fully saturated rings. The van der Waals surface area contributed by atoms with E-state index in [1.807, 2.05) is 31.9 Å². The van der Waals surface area contributed by atoms with E-state index in [1.165, 1.54) is 6.07 Å². The van der Waals surface area contributed by atoms with Crippen molar-refractivity contribution < 1.29 is 27.8 Å². The standard InChI is InChI=1S/C28H29F2N5O4/c1-28(2,3)39-27(37)34-13-5-6-17(14-34)35-15-19(22-23(35)26(36)33-32-25(22)31)16-9-11-18(12-10-16)38-24-20(29)7-4-8-21(24)30/h4,7-12,15,17,23H,5-6,13-14,31H2,1-3H3/t17-,23?/m1/s1. The van der Waals surface area contributed by atoms with Crippen molar-refractivity contribution in [1.82, 2.24) is 9.80 Å². The van der Waals surface area contributed by atoms with Gasteiger partial charge in [-0.25, -0.2) is 13.6 Å². The van der Waals surface area contributed by atoms with Crippen LogP contribution < -0.4 is 10.5 Å². The number of ether oxygens (including phenoxy) is 2. The molecule has 0 aromatic heterocycles. The number of piperidine rings is 1. The maximum Gasteiger partial charge on any atom is 0.410 e. The maximum atomic E-state index is 14.0. The van der Waals surface area contributed by atoms with Gasteiger partial charge in [-0.3, -0.25) is 4.79 Å². The number of nitrogens with zero attached hydrogens (tertiary/aromatic N) is 4. The number of hydrogen-bond donors (Lipinski definition) is 1. The maximum absolute atomic E-state index is 14.0. The minimum atomic E-state index is -0.812. The van der Waals surface area contributed by atoms with Crippen LogP contribution in [0, 0.1) is 11.6 Å². The molecule has 0 bridgehead atoms. The molecule has 1 unspecified atom stereocenters. The fraction of sp³-hybridized carbons (Fsp3) is 0.357. The monoisotopic (exact) mass is 537 g/mol. The van der Waals surface area contributed by atoms with Crippen LogP contribution >= 0.6 is 0 Å². The van der Waals surface area contributed by atoms with E-state index in [-0.39, 0.29) is 17.6 Å². The summed E-state index contributed by atoms with van der Waals surface area (Å²) in [6.07, 6.45) is 2.93. The third-order valence-corrected chi connectivity index (χ3v) is 6.68. The highest BCUT2D eigenvalue weighted by Crippen LogP contribution is 2.41. The largest absolute Gasteiger partial charge is 0.451 e. The quantitative estimate of drug-likeness (QED) is 0.564. The van der Waals surface area contributed by atoms with Gasteiger partial charge in [0.05, 0.1) is 0 Å². The second-order valence-electron chi connectivity index (χ2n) is 10.6. The molecule has 2 aromatic rings. The fourth-order valence-corrected chi connectivity index (χ4v) is 4.97. The van der Waals surface area contributed by atoms with E-state index in [0.717, 1.165) is 25.0 Å². The number of carbonyl (C=O) groups is 2. The molecule has 3 heterocycles. The Morgan fingerprint density at radius 3 is 2.44 bits per heavy atom. The first-order valence-electron chi connectivity index (χ1n) is 12.7. The number of halogens is 2. The fourth-order valence-electron chi connectivity index (χ4n) is 4.97. The van der Waals surface area contributed by atoms with Gasteiger partial charge in [0.25, 0.3) is 5.91 Å². The first-order chi connectivity index (χ1) is 18.5. The molecule has 0 radical (unpaired) electrons. The first kappa shape index (κ1) is 26.3. The van der Waals surface area contributed by atoms with Gasteiger partial charge in [-0.2, -0.15) is 0 Å². The predicted octanol–water partition coefficient (Wildman–Crippen LogP) is 5.34. The molecule has 2 atom stereocenters. The van der Waals surface area contributed by atoms with Crippen LogP contribution in [0.25, 0.3) is 5.57 Å². The number of amides is 2. The molecule has 0 saturated carbocycles. The summed E-state index contributed by atoms with van der Waals surface area (Å²) in [5, 5.41) is 7.60. The first-order valence-corrected chi connectivity index (χ1v) is 12.7. The highest BCUT2D eigenvalue weighted by Gasteiger charge is 2.44. The predicted molar refractivity (Wildman–Crippen MR) is 138 cm³/mol. The van der Waals surface area contributed by atoms with Crippen molar-refractivity contribution in [2.75, 3.05) is 13.1 Å². The smallest absolute Gasteiger partial charge is 0.410 e. The summed E-state index contributed by atoms with van der Waals surface area (Å²) in [5.41, 5.74) is 7.49. The van der Waals surface area contributed by atoms with E-state index < -0.39 is 41.0 Å². The van der Waals surface area contributed by atoms with Crippen molar-refractivity contribution in [2.45, 2.75) is 51.3 Å². The number of hydrogen-bond acceptors (Lipinski definition) is 7. The van der Waals surface area contributed by atoms with Gasteiger partial charge in [0.15, 0.2) is 23.2 Å². The van der Waals surface area contributed by atoms with Gasteiger partial charge in [-0.1, -0.05) is 18.2 Å². The number of nitrogens with two attached hydrogens (primary N) is 1. The molecule has 11 heteroatoms. The number of likely N-dealkylation sites (tertiary alicyclic amines) is 1. The molecule has 1 saturated heterocycles. The van der Waals surface area contributed by atoms with Crippen LogP contribution in [0.4, 0.5) is 13.6 Å². The average molecular weight is 538 g/mol. The summed E-state index contributed by atoms with van der Waals surface area (Å²) >= 11 is 0. The zero-order chi connectivity index (χ0) is 27.9. The van der Waals surface area contributed by atoms with Gasteiger partial charge in [0.1, 0.15) is 17.4 Å². The molecular formula is C28H29F2N5O4. The van der Waals surface area contributed by atoms with Gasteiger partial charge in [0.2, 0.25) is 0 Å². The van der Waals surface area contributed by atoms with E-state index in [9.17, 15) is 18.4 Å². The molecule has 2 aromatic carbocycles. The van der Waals surface area contributed by atoms with Crippen molar-refractivity contribution in [2.24, 2.45) is 16.0 Å². The molecule has 5 rings (SSSR count). The van der Waals surface area contributed by atoms with E-state index in [0.29, 0.717) is 29.8 Å². The topological polar surface area (TPSA) is 110 Å². The Labute approximate surface area is 224 Å². The lowest BCUT2D eigenvalue weighted by molar-refractivity contribution is -0.122. The molecule has 3 aliphatic rings. The van der Waals surface area contributed by atoms with Crippen LogP contribution in [0.5, 0.6) is 11.5 Å².